The molecule has 1 unspecified atom stereocenters. The summed E-state index contributed by atoms with van der Waals surface area (Å²) in [5, 5.41) is 7.41. The SMILES string of the molecule is CCCCCOc1c(/C=N/NC(=O)C(NC(=O)c2ccc(Cl)c(Cl)c2)C(C)C)cccc1OC. The second-order valence-electron chi connectivity index (χ2n) is 7.99. The van der Waals surface area contributed by atoms with Gasteiger partial charge in [0.1, 0.15) is 6.04 Å². The van der Waals surface area contributed by atoms with Gasteiger partial charge in [0.2, 0.25) is 0 Å². The van der Waals surface area contributed by atoms with E-state index in [0.717, 1.165) is 19.3 Å². The average molecular weight is 508 g/mol. The Kier molecular flexibility index (Phi) is 11.2. The Labute approximate surface area is 210 Å². The summed E-state index contributed by atoms with van der Waals surface area (Å²) in [5.74, 6) is 0.0734. The maximum Gasteiger partial charge on any atom is 0.262 e. The van der Waals surface area contributed by atoms with Gasteiger partial charge in [-0.05, 0) is 42.7 Å². The van der Waals surface area contributed by atoms with Crippen LogP contribution < -0.4 is 20.2 Å². The normalized spacial score (nSPS) is 12.0. The van der Waals surface area contributed by atoms with Gasteiger partial charge in [0, 0.05) is 11.1 Å². The summed E-state index contributed by atoms with van der Waals surface area (Å²) in [5.41, 5.74) is 3.47. The van der Waals surface area contributed by atoms with E-state index in [1.165, 1.54) is 18.3 Å². The third-order valence-corrected chi connectivity index (χ3v) is 5.76. The molecule has 1 atom stereocenters. The van der Waals surface area contributed by atoms with Crippen LogP contribution in [0.2, 0.25) is 10.0 Å². The van der Waals surface area contributed by atoms with Gasteiger partial charge in [-0.25, -0.2) is 5.43 Å². The molecule has 0 spiro atoms. The smallest absolute Gasteiger partial charge is 0.262 e. The van der Waals surface area contributed by atoms with Crippen molar-refractivity contribution in [2.24, 2.45) is 11.0 Å². The number of halogens is 2. The van der Waals surface area contributed by atoms with Crippen LogP contribution in [0.15, 0.2) is 41.5 Å². The summed E-state index contributed by atoms with van der Waals surface area (Å²) < 4.78 is 11.3. The van der Waals surface area contributed by atoms with Crippen LogP contribution in [0.4, 0.5) is 0 Å². The van der Waals surface area contributed by atoms with Crippen molar-refractivity contribution in [3.8, 4) is 11.5 Å². The Morgan fingerprint density at radius 2 is 1.88 bits per heavy atom. The fourth-order valence-electron chi connectivity index (χ4n) is 3.11. The lowest BCUT2D eigenvalue weighted by Crippen LogP contribution is -2.48. The van der Waals surface area contributed by atoms with Gasteiger partial charge >= 0.3 is 0 Å². The highest BCUT2D eigenvalue weighted by atomic mass is 35.5. The number of nitrogens with zero attached hydrogens (tertiary/aromatic N) is 1. The summed E-state index contributed by atoms with van der Waals surface area (Å²) in [6.07, 6.45) is 4.58. The van der Waals surface area contributed by atoms with Crippen molar-refractivity contribution in [2.75, 3.05) is 13.7 Å². The molecule has 0 saturated heterocycles. The zero-order valence-electron chi connectivity index (χ0n) is 19.9. The van der Waals surface area contributed by atoms with Crippen LogP contribution >= 0.6 is 23.2 Å². The molecule has 0 aliphatic rings. The Morgan fingerprint density at radius 3 is 2.53 bits per heavy atom. The molecule has 0 bridgehead atoms. The van der Waals surface area contributed by atoms with Crippen LogP contribution in [0.1, 0.15) is 56.0 Å². The molecule has 2 aromatic carbocycles. The molecule has 0 aliphatic heterocycles. The molecular formula is C25H31Cl2N3O4. The molecule has 2 N–H and O–H groups in total. The number of ether oxygens (including phenoxy) is 2. The van der Waals surface area contributed by atoms with Gasteiger partial charge in [0.05, 0.1) is 30.0 Å². The van der Waals surface area contributed by atoms with E-state index in [1.807, 2.05) is 26.0 Å². The van der Waals surface area contributed by atoms with E-state index in [9.17, 15) is 9.59 Å². The van der Waals surface area contributed by atoms with Gasteiger partial charge < -0.3 is 14.8 Å². The molecule has 34 heavy (non-hydrogen) atoms. The first-order valence-electron chi connectivity index (χ1n) is 11.2. The minimum atomic E-state index is -0.811. The minimum Gasteiger partial charge on any atom is -0.493 e. The molecule has 0 saturated carbocycles. The van der Waals surface area contributed by atoms with Gasteiger partial charge in [0.25, 0.3) is 11.8 Å². The molecule has 0 fully saturated rings. The maximum atomic E-state index is 12.8. The van der Waals surface area contributed by atoms with Crippen molar-refractivity contribution in [2.45, 2.75) is 46.1 Å². The van der Waals surface area contributed by atoms with E-state index in [0.29, 0.717) is 34.3 Å². The fraction of sp³-hybridized carbons (Fsp3) is 0.400. The molecular weight excluding hydrogens is 477 g/mol. The first-order valence-corrected chi connectivity index (χ1v) is 11.9. The lowest BCUT2D eigenvalue weighted by molar-refractivity contribution is -0.123. The molecule has 0 radical (unpaired) electrons. The summed E-state index contributed by atoms with van der Waals surface area (Å²) >= 11 is 11.9. The van der Waals surface area contributed by atoms with Crippen LogP contribution in [0.25, 0.3) is 0 Å². The Hall–Kier alpha value is -2.77. The lowest BCUT2D eigenvalue weighted by atomic mass is 10.0. The predicted octanol–water partition coefficient (Wildman–Crippen LogP) is 5.48. The van der Waals surface area contributed by atoms with Crippen LogP contribution in [0.5, 0.6) is 11.5 Å². The van der Waals surface area contributed by atoms with Crippen LogP contribution in [-0.4, -0.2) is 37.8 Å². The van der Waals surface area contributed by atoms with Crippen molar-refractivity contribution >= 4 is 41.2 Å². The lowest BCUT2D eigenvalue weighted by Gasteiger charge is -2.20. The minimum absolute atomic E-state index is 0.184. The van der Waals surface area contributed by atoms with Gasteiger partial charge in [-0.2, -0.15) is 5.10 Å². The maximum absolute atomic E-state index is 12.8. The number of carbonyl (C=O) groups excluding carboxylic acids is 2. The number of rotatable bonds is 12. The number of benzene rings is 2. The zero-order chi connectivity index (χ0) is 25.1. The van der Waals surface area contributed by atoms with Gasteiger partial charge in [0.15, 0.2) is 11.5 Å². The Balaban J connectivity index is 2.09. The molecule has 0 aliphatic carbocycles. The van der Waals surface area contributed by atoms with Crippen molar-refractivity contribution in [3.63, 3.8) is 0 Å². The third-order valence-electron chi connectivity index (χ3n) is 5.02. The number of methoxy groups -OCH3 is 1. The number of hydrogen-bond donors (Lipinski definition) is 2. The van der Waals surface area contributed by atoms with E-state index in [-0.39, 0.29) is 10.9 Å². The summed E-state index contributed by atoms with van der Waals surface area (Å²) in [6, 6.07) is 9.16. The highest BCUT2D eigenvalue weighted by Crippen LogP contribution is 2.30. The van der Waals surface area contributed by atoms with E-state index < -0.39 is 17.9 Å². The van der Waals surface area contributed by atoms with E-state index in [1.54, 1.807) is 19.2 Å². The number of unbranched alkanes of at least 4 members (excludes halogenated alkanes) is 2. The molecule has 7 nitrogen and oxygen atoms in total. The van der Waals surface area contributed by atoms with Crippen molar-refractivity contribution in [1.82, 2.24) is 10.7 Å². The molecule has 0 heterocycles. The van der Waals surface area contributed by atoms with E-state index in [4.69, 9.17) is 32.7 Å². The quantitative estimate of drug-likeness (QED) is 0.226. The highest BCUT2D eigenvalue weighted by molar-refractivity contribution is 6.42. The third kappa shape index (κ3) is 7.92. The molecule has 184 valence electrons. The number of carbonyl (C=O) groups is 2. The van der Waals surface area contributed by atoms with E-state index >= 15 is 0 Å². The topological polar surface area (TPSA) is 89.0 Å². The first-order chi connectivity index (χ1) is 16.3. The summed E-state index contributed by atoms with van der Waals surface area (Å²) in [7, 11) is 1.57. The average Bonchev–Trinajstić information content (AvgIpc) is 2.81. The van der Waals surface area contributed by atoms with Crippen LogP contribution in [-0.2, 0) is 4.79 Å². The number of para-hydroxylation sites is 1. The van der Waals surface area contributed by atoms with Gasteiger partial charge in [-0.15, -0.1) is 0 Å². The highest BCUT2D eigenvalue weighted by Gasteiger charge is 2.25. The number of hydrazone groups is 1. The summed E-state index contributed by atoms with van der Waals surface area (Å²) in [6.45, 7) is 6.33. The Bertz CT molecular complexity index is 1010. The monoisotopic (exact) mass is 507 g/mol. The van der Waals surface area contributed by atoms with Gasteiger partial charge in [-0.3, -0.25) is 9.59 Å². The second-order valence-corrected chi connectivity index (χ2v) is 8.81. The summed E-state index contributed by atoms with van der Waals surface area (Å²) in [4.78, 5) is 25.4. The molecule has 2 amide bonds. The second kappa shape index (κ2) is 13.8. The van der Waals surface area contributed by atoms with Crippen LogP contribution in [0, 0.1) is 5.92 Å². The number of amides is 2. The van der Waals surface area contributed by atoms with Crippen molar-refractivity contribution < 1.29 is 19.1 Å². The molecule has 2 aromatic rings. The van der Waals surface area contributed by atoms with Crippen LogP contribution in [0.3, 0.4) is 0 Å². The molecule has 2 rings (SSSR count). The number of nitrogens with one attached hydrogen (secondary N) is 2. The predicted molar refractivity (Wildman–Crippen MR) is 136 cm³/mol. The standard InChI is InChI=1S/C25H31Cl2N3O4/c1-5-6-7-13-34-23-18(9-8-10-21(23)33-4)15-28-30-25(32)22(16(2)3)29-24(31)17-11-12-19(26)20(27)14-17/h8-12,14-16,22H,5-7,13H2,1-4H3,(H,29,31)(H,30,32)/b28-15+. The number of hydrogen-bond acceptors (Lipinski definition) is 5. The van der Waals surface area contributed by atoms with Crippen molar-refractivity contribution in [3.05, 3.63) is 57.6 Å². The molecule has 0 aromatic heterocycles. The van der Waals surface area contributed by atoms with Crippen molar-refractivity contribution in [1.29, 1.82) is 0 Å². The largest absolute Gasteiger partial charge is 0.493 e. The van der Waals surface area contributed by atoms with Gasteiger partial charge in [-0.1, -0.05) is 62.9 Å². The zero-order valence-corrected chi connectivity index (χ0v) is 21.4. The molecule has 9 heteroatoms. The first kappa shape index (κ1) is 27.5. The Morgan fingerprint density at radius 1 is 1.12 bits per heavy atom. The fourth-order valence-corrected chi connectivity index (χ4v) is 3.41. The van der Waals surface area contributed by atoms with E-state index in [2.05, 4.69) is 22.8 Å².